The van der Waals surface area contributed by atoms with Crippen LogP contribution in [0.1, 0.15) is 32.1 Å². The lowest BCUT2D eigenvalue weighted by Gasteiger charge is -2.25. The second-order valence-corrected chi connectivity index (χ2v) is 6.92. The molecule has 1 aliphatic rings. The van der Waals surface area contributed by atoms with E-state index in [4.69, 9.17) is 9.79 Å². The fourth-order valence-corrected chi connectivity index (χ4v) is 4.40. The van der Waals surface area contributed by atoms with Crippen molar-refractivity contribution in [1.29, 1.82) is 0 Å². The Morgan fingerprint density at radius 2 is 1.50 bits per heavy atom. The van der Waals surface area contributed by atoms with E-state index < -0.39 is 21.1 Å². The van der Waals surface area contributed by atoms with Gasteiger partial charge >= 0.3 is 15.4 Å². The van der Waals surface area contributed by atoms with Gasteiger partial charge in [0.1, 0.15) is 0 Å². The Balaban J connectivity index is 2.63. The summed E-state index contributed by atoms with van der Waals surface area (Å²) in [5.41, 5.74) is -0.621. The molecule has 8 heteroatoms. The Labute approximate surface area is 82.1 Å². The zero-order valence-corrected chi connectivity index (χ0v) is 9.36. The smallest absolute Gasteiger partial charge is 0.324 e. The molecule has 1 atom stereocenters. The number of rotatable bonds is 3. The molecule has 0 spiro atoms. The lowest BCUT2D eigenvalue weighted by molar-refractivity contribution is 0.254. The van der Waals surface area contributed by atoms with Crippen molar-refractivity contribution in [1.82, 2.24) is 0 Å². The first-order valence-electron chi connectivity index (χ1n) is 4.40. The maximum atomic E-state index is 11.4. The van der Waals surface area contributed by atoms with E-state index >= 15 is 0 Å². The molecule has 0 aromatic carbocycles. The van der Waals surface area contributed by atoms with Gasteiger partial charge in [-0.25, -0.2) is 8.88 Å². The van der Waals surface area contributed by atoms with Gasteiger partial charge in [0, 0.05) is 0 Å². The minimum atomic E-state index is -4.87. The zero-order valence-electron chi connectivity index (χ0n) is 7.57. The molecule has 0 aromatic heterocycles. The van der Waals surface area contributed by atoms with Crippen LogP contribution >= 0.6 is 15.4 Å². The van der Waals surface area contributed by atoms with Crippen LogP contribution in [-0.2, 0) is 13.4 Å². The Hall–Kier alpha value is 0.300. The predicted octanol–water partition coefficient (Wildman–Crippen LogP) is 1.61. The molecular formula is C6H14O6P2. The van der Waals surface area contributed by atoms with Crippen LogP contribution in [0.4, 0.5) is 0 Å². The average molecular weight is 244 g/mol. The van der Waals surface area contributed by atoms with Gasteiger partial charge in [-0.3, -0.25) is 4.57 Å². The predicted molar refractivity (Wildman–Crippen MR) is 49.8 cm³/mol. The number of hydrogen-bond acceptors (Lipinski definition) is 3. The monoisotopic (exact) mass is 244 g/mol. The van der Waals surface area contributed by atoms with Crippen molar-refractivity contribution in [2.24, 2.45) is 0 Å². The first-order chi connectivity index (χ1) is 6.31. The highest BCUT2D eigenvalue weighted by atomic mass is 31.3. The van der Waals surface area contributed by atoms with Crippen LogP contribution in [0.15, 0.2) is 0 Å². The van der Waals surface area contributed by atoms with Crippen LogP contribution in [0.3, 0.4) is 0 Å². The van der Waals surface area contributed by atoms with Gasteiger partial charge in [0.15, 0.2) is 0 Å². The third kappa shape index (κ3) is 3.81. The molecule has 0 bridgehead atoms. The molecule has 14 heavy (non-hydrogen) atoms. The van der Waals surface area contributed by atoms with E-state index in [1.165, 1.54) is 0 Å². The standard InChI is InChI=1S/C6H14O6P2/c7-13(8,12-14(9,10)11)6-4-2-1-3-5-6/h6H,1-5H2,(H,7,8)(H2,9,10,11). The van der Waals surface area contributed by atoms with Gasteiger partial charge in [-0.15, -0.1) is 0 Å². The lowest BCUT2D eigenvalue weighted by Crippen LogP contribution is -2.13. The van der Waals surface area contributed by atoms with Gasteiger partial charge in [0.2, 0.25) is 0 Å². The highest BCUT2D eigenvalue weighted by Crippen LogP contribution is 2.62. The van der Waals surface area contributed by atoms with E-state index in [0.29, 0.717) is 12.8 Å². The quantitative estimate of drug-likeness (QED) is 0.651. The molecule has 84 valence electrons. The van der Waals surface area contributed by atoms with Crippen LogP contribution in [0.2, 0.25) is 0 Å². The number of phosphoric acid groups is 1. The molecule has 1 fully saturated rings. The average Bonchev–Trinajstić information content (AvgIpc) is 2.01. The maximum absolute atomic E-state index is 11.4. The molecule has 1 aliphatic carbocycles. The van der Waals surface area contributed by atoms with Gasteiger partial charge in [-0.05, 0) is 12.8 Å². The highest BCUT2D eigenvalue weighted by molar-refractivity contribution is 7.64. The summed E-state index contributed by atoms with van der Waals surface area (Å²) in [6.07, 6.45) is 3.59. The highest BCUT2D eigenvalue weighted by Gasteiger charge is 2.39. The van der Waals surface area contributed by atoms with Crippen molar-refractivity contribution in [3.63, 3.8) is 0 Å². The zero-order chi connectivity index (χ0) is 10.8. The minimum Gasteiger partial charge on any atom is -0.324 e. The first-order valence-corrected chi connectivity index (χ1v) is 7.58. The van der Waals surface area contributed by atoms with Gasteiger partial charge in [0.05, 0.1) is 5.66 Å². The lowest BCUT2D eigenvalue weighted by atomic mass is 10.0. The summed E-state index contributed by atoms with van der Waals surface area (Å²) in [5, 5.41) is 0. The van der Waals surface area contributed by atoms with E-state index in [9.17, 15) is 14.0 Å². The first kappa shape index (κ1) is 12.4. The van der Waals surface area contributed by atoms with Crippen LogP contribution in [-0.4, -0.2) is 20.3 Å². The molecule has 1 saturated carbocycles. The summed E-state index contributed by atoms with van der Waals surface area (Å²) in [5.74, 6) is 0. The van der Waals surface area contributed by atoms with Crippen molar-refractivity contribution < 1.29 is 28.1 Å². The molecule has 0 aliphatic heterocycles. The Kier molecular flexibility index (Phi) is 3.92. The Morgan fingerprint density at radius 1 is 1.00 bits per heavy atom. The van der Waals surface area contributed by atoms with Gasteiger partial charge in [0.25, 0.3) is 0 Å². The largest absolute Gasteiger partial charge is 0.476 e. The van der Waals surface area contributed by atoms with Crippen molar-refractivity contribution >= 4 is 15.4 Å². The summed E-state index contributed by atoms with van der Waals surface area (Å²) in [7, 11) is -9.02. The molecule has 0 heterocycles. The molecule has 6 nitrogen and oxygen atoms in total. The summed E-state index contributed by atoms with van der Waals surface area (Å²) >= 11 is 0. The van der Waals surface area contributed by atoms with Crippen molar-refractivity contribution in [3.05, 3.63) is 0 Å². The van der Waals surface area contributed by atoms with Crippen LogP contribution in [0.25, 0.3) is 0 Å². The maximum Gasteiger partial charge on any atom is 0.476 e. The SMILES string of the molecule is O=P(O)(O)OP(=O)(O)C1CCCCC1. The Bertz CT molecular complexity index is 278. The summed E-state index contributed by atoms with van der Waals surface area (Å²) in [6, 6.07) is 0. The number of hydrogen-bond donors (Lipinski definition) is 3. The summed E-state index contributed by atoms with van der Waals surface area (Å²) < 4.78 is 25.8. The summed E-state index contributed by atoms with van der Waals surface area (Å²) in [6.45, 7) is 0. The fraction of sp³-hybridized carbons (Fsp3) is 1.00. The normalized spacial score (nSPS) is 24.5. The van der Waals surface area contributed by atoms with Gasteiger partial charge in [-0.2, -0.15) is 0 Å². The molecule has 0 radical (unpaired) electrons. The van der Waals surface area contributed by atoms with Crippen LogP contribution in [0, 0.1) is 0 Å². The van der Waals surface area contributed by atoms with Crippen molar-refractivity contribution in [2.45, 2.75) is 37.8 Å². The van der Waals surface area contributed by atoms with Crippen LogP contribution < -0.4 is 0 Å². The fourth-order valence-electron chi connectivity index (χ4n) is 1.63. The van der Waals surface area contributed by atoms with Gasteiger partial charge < -0.3 is 14.7 Å². The van der Waals surface area contributed by atoms with Gasteiger partial charge in [-0.1, -0.05) is 19.3 Å². The topological polar surface area (TPSA) is 104 Å². The van der Waals surface area contributed by atoms with E-state index in [2.05, 4.69) is 4.31 Å². The molecule has 0 aromatic rings. The molecule has 1 unspecified atom stereocenters. The van der Waals surface area contributed by atoms with Crippen molar-refractivity contribution in [2.75, 3.05) is 0 Å². The molecule has 0 saturated heterocycles. The van der Waals surface area contributed by atoms with E-state index in [1.807, 2.05) is 0 Å². The summed E-state index contributed by atoms with van der Waals surface area (Å²) in [4.78, 5) is 26.2. The second kappa shape index (κ2) is 4.44. The molecule has 0 amide bonds. The third-order valence-electron chi connectivity index (χ3n) is 2.26. The van der Waals surface area contributed by atoms with E-state index in [-0.39, 0.29) is 0 Å². The second-order valence-electron chi connectivity index (χ2n) is 3.43. The van der Waals surface area contributed by atoms with Crippen molar-refractivity contribution in [3.8, 4) is 0 Å². The van der Waals surface area contributed by atoms with E-state index in [0.717, 1.165) is 19.3 Å². The Morgan fingerprint density at radius 3 is 1.93 bits per heavy atom. The molecule has 3 N–H and O–H groups in total. The third-order valence-corrected chi connectivity index (χ3v) is 5.49. The van der Waals surface area contributed by atoms with Crippen LogP contribution in [0.5, 0.6) is 0 Å². The molecule has 1 rings (SSSR count). The molecular weight excluding hydrogens is 230 g/mol. The minimum absolute atomic E-state index is 0.494. The van der Waals surface area contributed by atoms with E-state index in [1.54, 1.807) is 0 Å².